The number of hydrogen-bond donors (Lipinski definition) is 0. The normalized spacial score (nSPS) is 12.9. The summed E-state index contributed by atoms with van der Waals surface area (Å²) in [6.45, 7) is 23.0. The Labute approximate surface area is 583 Å². The summed E-state index contributed by atoms with van der Waals surface area (Å²) in [6, 6.07) is 96.2. The van der Waals surface area contributed by atoms with E-state index >= 15 is 0 Å². The van der Waals surface area contributed by atoms with Gasteiger partial charge >= 0.3 is 7.12 Å². The first-order valence-corrected chi connectivity index (χ1v) is 33.0. The van der Waals surface area contributed by atoms with Crippen molar-refractivity contribution in [1.29, 1.82) is 0 Å². The minimum absolute atomic E-state index is 0.191. The van der Waals surface area contributed by atoms with Crippen molar-refractivity contribution in [3.05, 3.63) is 319 Å². The van der Waals surface area contributed by atoms with Gasteiger partial charge in [-0.3, -0.25) is 0 Å². The predicted molar refractivity (Wildman–Crippen MR) is 403 cm³/mol. The maximum atomic E-state index is 7.47. The van der Waals surface area contributed by atoms with Crippen LogP contribution in [0.1, 0.15) is 27.7 Å². The van der Waals surface area contributed by atoms with Gasteiger partial charge in [0.1, 0.15) is 22.3 Å². The maximum absolute atomic E-state index is 7.47. The fourth-order valence-corrected chi connectivity index (χ4v) is 12.6. The van der Waals surface area contributed by atoms with Crippen molar-refractivity contribution in [3.8, 4) is 101 Å². The summed E-state index contributed by atoms with van der Waals surface area (Å²) < 4.78 is 25.2. The smallest absolute Gasteiger partial charge is 0.456 e. The molecule has 0 atom stereocenters. The molecular formula is C86H60BClN8O4. The van der Waals surface area contributed by atoms with Gasteiger partial charge < -0.3 is 18.1 Å². The van der Waals surface area contributed by atoms with Crippen LogP contribution in [-0.2, 0) is 9.31 Å². The molecule has 5 heterocycles. The quantitative estimate of drug-likeness (QED) is 0.0963. The molecule has 16 aromatic rings. The lowest BCUT2D eigenvalue weighted by atomic mass is 9.73. The molecule has 4 aromatic heterocycles. The van der Waals surface area contributed by atoms with Gasteiger partial charge in [-0.05, 0) is 114 Å². The Kier molecular flexibility index (Phi) is 17.3. The molecule has 0 unspecified atom stereocenters. The Hall–Kier alpha value is -12.5. The molecule has 478 valence electrons. The molecule has 0 aliphatic carbocycles. The number of benzene rings is 12. The monoisotopic (exact) mass is 1310 g/mol. The Morgan fingerprint density at radius 2 is 0.630 bits per heavy atom. The van der Waals surface area contributed by atoms with Crippen LogP contribution in [0.2, 0.25) is 5.28 Å². The highest BCUT2D eigenvalue weighted by molar-refractivity contribution is 6.64. The van der Waals surface area contributed by atoms with E-state index in [-0.39, 0.29) is 5.28 Å². The third-order valence-electron chi connectivity index (χ3n) is 18.2. The lowest BCUT2D eigenvalue weighted by molar-refractivity contribution is 0.00578. The van der Waals surface area contributed by atoms with Crippen molar-refractivity contribution >= 4 is 79.4 Å². The molecule has 0 saturated carbocycles. The van der Waals surface area contributed by atoms with E-state index < -0.39 is 18.3 Å². The van der Waals surface area contributed by atoms with Gasteiger partial charge in [-0.15, -0.1) is 0 Å². The molecule has 12 nitrogen and oxygen atoms in total. The minimum atomic E-state index is -0.497. The summed E-state index contributed by atoms with van der Waals surface area (Å²) in [4.78, 5) is 35.3. The first-order valence-electron chi connectivity index (χ1n) is 32.7. The van der Waals surface area contributed by atoms with Gasteiger partial charge in [0, 0.05) is 54.9 Å². The van der Waals surface area contributed by atoms with Crippen LogP contribution in [0, 0.1) is 13.1 Å². The highest BCUT2D eigenvalue weighted by Crippen LogP contribution is 2.45. The molecule has 14 heteroatoms. The molecular weight excluding hydrogens is 1260 g/mol. The lowest BCUT2D eigenvalue weighted by Gasteiger charge is -2.32. The first kappa shape index (κ1) is 63.6. The summed E-state index contributed by atoms with van der Waals surface area (Å²) in [5, 5.41) is 4.27. The van der Waals surface area contributed by atoms with Crippen molar-refractivity contribution in [3.63, 3.8) is 0 Å². The SMILES string of the molecule is Clc1nc(-c2ccccc2)nc(-c2ccc(-c3ccccc3)cc2)n1.[C-]#[N+]c1ccc(-c2c(-c3nc(-c4ccccc4)nc(-c4ccc(-c5ccccc5)cc4)n3)ccc3oc4ccccc4c23)cc1.[C-]#[N+]c1ccc(-c2c(B3OC(C)(C)C(C)(C)O3)ccc3oc4ccccc4c23)cc1. The summed E-state index contributed by atoms with van der Waals surface area (Å²) >= 11 is 6.11. The molecule has 0 radical (unpaired) electrons. The Balaban J connectivity index is 0.000000129. The molecule has 17 rings (SSSR count). The lowest BCUT2D eigenvalue weighted by Crippen LogP contribution is -2.41. The highest BCUT2D eigenvalue weighted by Gasteiger charge is 2.52. The van der Waals surface area contributed by atoms with Crippen LogP contribution < -0.4 is 5.46 Å². The molecule has 1 fully saturated rings. The van der Waals surface area contributed by atoms with E-state index in [1.54, 1.807) is 0 Å². The van der Waals surface area contributed by atoms with Crippen LogP contribution in [0.4, 0.5) is 11.4 Å². The summed E-state index contributed by atoms with van der Waals surface area (Å²) in [7, 11) is -0.497. The van der Waals surface area contributed by atoms with Gasteiger partial charge in [-0.25, -0.2) is 29.6 Å². The van der Waals surface area contributed by atoms with Crippen molar-refractivity contribution in [2.24, 2.45) is 0 Å². The molecule has 0 bridgehead atoms. The summed E-state index contributed by atoms with van der Waals surface area (Å²) in [5.41, 5.74) is 17.5. The second-order valence-corrected chi connectivity index (χ2v) is 25.4. The molecule has 1 aliphatic heterocycles. The van der Waals surface area contributed by atoms with E-state index in [1.807, 2.05) is 218 Å². The number of furan rings is 2. The van der Waals surface area contributed by atoms with E-state index in [0.29, 0.717) is 40.5 Å². The third-order valence-corrected chi connectivity index (χ3v) is 18.4. The number of para-hydroxylation sites is 2. The van der Waals surface area contributed by atoms with E-state index in [4.69, 9.17) is 57.8 Å². The van der Waals surface area contributed by atoms with Gasteiger partial charge in [0.15, 0.2) is 40.5 Å². The average Bonchev–Trinajstić information content (AvgIpc) is 1.58. The highest BCUT2D eigenvalue weighted by atomic mass is 35.5. The second-order valence-electron chi connectivity index (χ2n) is 25.0. The zero-order chi connectivity index (χ0) is 68.3. The number of rotatable bonds is 10. The third kappa shape index (κ3) is 12.8. The molecule has 0 amide bonds. The van der Waals surface area contributed by atoms with Crippen molar-refractivity contribution in [1.82, 2.24) is 29.9 Å². The standard InChI is InChI=1S/C40H24N4O.C25H22BNO3.C21H14ClN3/c1-41-31-22-20-28(21-23-31)36-33(24-25-35-37(36)32-14-8-9-15-34(32)45-35)40-43-38(29-12-6-3-7-13-29)42-39(44-40)30-18-16-27(17-19-30)26-10-4-2-5-11-26;1-24(2)25(3,4)30-26(29-24)19-14-15-21-23(18-8-6-7-9-20(18)28-21)22(19)16-10-12-17(27-5)13-11-16;22-21-24-19(17-9-5-2-6-10-17)23-20(25-21)18-13-11-16(12-14-18)15-7-3-1-4-8-15/h2-25H;6-15H,1-4H3;1-14H. The zero-order valence-electron chi connectivity index (χ0n) is 54.9. The number of hydrogen-bond acceptors (Lipinski definition) is 10. The topological polar surface area (TPSA) is 131 Å². The van der Waals surface area contributed by atoms with Crippen LogP contribution >= 0.6 is 11.6 Å². The van der Waals surface area contributed by atoms with Crippen LogP contribution in [0.3, 0.4) is 0 Å². The minimum Gasteiger partial charge on any atom is -0.456 e. The molecule has 0 spiro atoms. The Morgan fingerprint density at radius 3 is 1.06 bits per heavy atom. The molecule has 0 N–H and O–H groups in total. The number of nitrogens with zero attached hydrogens (tertiary/aromatic N) is 8. The van der Waals surface area contributed by atoms with E-state index in [0.717, 1.165) is 116 Å². The number of halogens is 1. The van der Waals surface area contributed by atoms with Crippen LogP contribution in [0.15, 0.2) is 300 Å². The van der Waals surface area contributed by atoms with Crippen molar-refractivity contribution < 1.29 is 18.1 Å². The van der Waals surface area contributed by atoms with Crippen LogP contribution in [-0.4, -0.2) is 48.2 Å². The van der Waals surface area contributed by atoms with E-state index in [2.05, 4.69) is 125 Å². The molecule has 1 aliphatic rings. The van der Waals surface area contributed by atoms with Gasteiger partial charge in [-0.1, -0.05) is 261 Å². The van der Waals surface area contributed by atoms with Gasteiger partial charge in [0.25, 0.3) is 0 Å². The predicted octanol–water partition coefficient (Wildman–Crippen LogP) is 22.3. The van der Waals surface area contributed by atoms with Crippen molar-refractivity contribution in [2.45, 2.75) is 38.9 Å². The number of fused-ring (bicyclic) bond motifs is 6. The van der Waals surface area contributed by atoms with E-state index in [9.17, 15) is 0 Å². The Bertz CT molecular complexity index is 5730. The van der Waals surface area contributed by atoms with Crippen LogP contribution in [0.5, 0.6) is 0 Å². The molecule has 12 aromatic carbocycles. The molecule has 1 saturated heterocycles. The summed E-state index contributed by atoms with van der Waals surface area (Å²) in [6.07, 6.45) is 0. The second kappa shape index (κ2) is 27.2. The fourth-order valence-electron chi connectivity index (χ4n) is 12.4. The number of aromatic nitrogens is 6. The van der Waals surface area contributed by atoms with Crippen molar-refractivity contribution in [2.75, 3.05) is 0 Å². The van der Waals surface area contributed by atoms with Crippen LogP contribution in [0.25, 0.3) is 155 Å². The Morgan fingerprint density at radius 1 is 0.310 bits per heavy atom. The van der Waals surface area contributed by atoms with Gasteiger partial charge in [-0.2, -0.15) is 9.97 Å². The largest absolute Gasteiger partial charge is 0.495 e. The zero-order valence-corrected chi connectivity index (χ0v) is 55.6. The average molecular weight is 1320 g/mol. The van der Waals surface area contributed by atoms with Gasteiger partial charge in [0.2, 0.25) is 5.28 Å². The fraction of sp³-hybridized carbons (Fsp3) is 0.0698. The summed E-state index contributed by atoms with van der Waals surface area (Å²) in [5.74, 6) is 2.88. The van der Waals surface area contributed by atoms with E-state index in [1.165, 1.54) is 5.56 Å². The van der Waals surface area contributed by atoms with Gasteiger partial charge in [0.05, 0.1) is 24.3 Å². The first-order chi connectivity index (χ1) is 48.8. The maximum Gasteiger partial charge on any atom is 0.495 e. The molecule has 100 heavy (non-hydrogen) atoms.